The predicted octanol–water partition coefficient (Wildman–Crippen LogP) is 4.34. The van der Waals surface area contributed by atoms with Gasteiger partial charge in [0.2, 0.25) is 5.91 Å². The van der Waals surface area contributed by atoms with Gasteiger partial charge in [0, 0.05) is 40.2 Å². The van der Waals surface area contributed by atoms with Crippen LogP contribution in [-0.2, 0) is 9.84 Å². The minimum atomic E-state index is -0.612. The van der Waals surface area contributed by atoms with E-state index in [2.05, 4.69) is 15.3 Å². The topological polar surface area (TPSA) is 130 Å². The predicted molar refractivity (Wildman–Crippen MR) is 133 cm³/mol. The van der Waals surface area contributed by atoms with Crippen LogP contribution in [0, 0.1) is 5.41 Å². The third kappa shape index (κ3) is 7.76. The number of nitrogens with two attached hydrogens (primary N) is 1. The van der Waals surface area contributed by atoms with E-state index in [4.69, 9.17) is 11.1 Å². The molecule has 0 bridgehead atoms. The van der Waals surface area contributed by atoms with Crippen LogP contribution in [0.4, 0.5) is 10.2 Å². The Bertz CT molecular complexity index is 1220. The van der Waals surface area contributed by atoms with E-state index in [1.807, 2.05) is 36.4 Å². The van der Waals surface area contributed by atoms with E-state index in [9.17, 15) is 14.1 Å². The second kappa shape index (κ2) is 13.0. The van der Waals surface area contributed by atoms with Gasteiger partial charge in [0.25, 0.3) is 5.91 Å². The van der Waals surface area contributed by atoms with Crippen molar-refractivity contribution in [3.8, 4) is 0 Å². The number of nitrogens with one attached hydrogen (secondary N) is 3. The summed E-state index contributed by atoms with van der Waals surface area (Å²) in [6.45, 7) is 0.243. The van der Waals surface area contributed by atoms with E-state index in [0.29, 0.717) is 23.2 Å². The fourth-order valence-corrected chi connectivity index (χ4v) is 4.09. The van der Waals surface area contributed by atoms with Crippen molar-refractivity contribution in [2.45, 2.75) is 22.6 Å². The average Bonchev–Trinajstić information content (AvgIpc) is 2.86. The summed E-state index contributed by atoms with van der Waals surface area (Å²) in [5, 5.41) is 14.1. The number of halogens is 1. The number of hydroxylamine groups is 1. The number of carbonyl (C=O) groups excluding carboxylic acids is 2. The molecule has 3 rings (SSSR count). The number of carbonyl (C=O) groups is 2. The Balaban J connectivity index is 1.64. The first-order valence-electron chi connectivity index (χ1n) is 10.7. The lowest BCUT2D eigenvalue weighted by Crippen LogP contribution is -2.27. The largest absolute Gasteiger partial charge is 0.398 e. The molecule has 8 nitrogen and oxygen atoms in total. The van der Waals surface area contributed by atoms with Crippen LogP contribution in [0.25, 0.3) is 6.08 Å². The molecule has 3 aromatic rings. The molecule has 0 spiro atoms. The summed E-state index contributed by atoms with van der Waals surface area (Å²) in [6, 6.07) is 18.1. The first kappa shape index (κ1) is 25.6. The van der Waals surface area contributed by atoms with E-state index in [1.54, 1.807) is 48.1 Å². The maximum Gasteiger partial charge on any atom is 0.252 e. The van der Waals surface area contributed by atoms with E-state index in [-0.39, 0.29) is 24.6 Å². The zero-order valence-corrected chi connectivity index (χ0v) is 19.5. The van der Waals surface area contributed by atoms with E-state index >= 15 is 0 Å². The maximum absolute atomic E-state index is 12.7. The van der Waals surface area contributed by atoms with Crippen molar-refractivity contribution >= 4 is 41.1 Å². The smallest absolute Gasteiger partial charge is 0.252 e. The number of aromatic nitrogens is 1. The van der Waals surface area contributed by atoms with Gasteiger partial charge in [-0.1, -0.05) is 35.0 Å². The SMILES string of the molecule is N=C(/C=C/c1ccccn1)c1ccc(Sc2ccccc2C(=O)NCCCC(=O)NOF)cc1N. The van der Waals surface area contributed by atoms with Crippen molar-refractivity contribution in [1.82, 2.24) is 15.8 Å². The van der Waals surface area contributed by atoms with Crippen molar-refractivity contribution < 1.29 is 19.2 Å². The molecule has 0 aliphatic heterocycles. The molecular weight excluding hydrogens is 469 g/mol. The quantitative estimate of drug-likeness (QED) is 0.136. The van der Waals surface area contributed by atoms with Gasteiger partial charge in [0.15, 0.2) is 0 Å². The lowest BCUT2D eigenvalue weighted by Gasteiger charge is -2.11. The van der Waals surface area contributed by atoms with Gasteiger partial charge >= 0.3 is 0 Å². The molecule has 1 heterocycles. The molecule has 0 atom stereocenters. The van der Waals surface area contributed by atoms with E-state index in [0.717, 1.165) is 15.5 Å². The zero-order valence-electron chi connectivity index (χ0n) is 18.7. The number of hydrogen-bond donors (Lipinski definition) is 4. The lowest BCUT2D eigenvalue weighted by atomic mass is 10.1. The highest BCUT2D eigenvalue weighted by Gasteiger charge is 2.13. The Hall–Kier alpha value is -4.02. The molecule has 180 valence electrons. The molecular formula is C25H24FN5O3S. The number of nitrogen functional groups attached to an aromatic ring is 1. The third-order valence-corrected chi connectivity index (χ3v) is 5.87. The van der Waals surface area contributed by atoms with Crippen molar-refractivity contribution in [1.29, 1.82) is 5.41 Å². The van der Waals surface area contributed by atoms with Crippen LogP contribution >= 0.6 is 11.8 Å². The first-order chi connectivity index (χ1) is 17.0. The van der Waals surface area contributed by atoms with Gasteiger partial charge in [-0.15, -0.1) is 0 Å². The van der Waals surface area contributed by atoms with Gasteiger partial charge in [0.1, 0.15) is 0 Å². The van der Waals surface area contributed by atoms with Crippen molar-refractivity contribution in [3.05, 3.63) is 89.8 Å². The number of rotatable bonds is 11. The Morgan fingerprint density at radius 1 is 1.11 bits per heavy atom. The molecule has 2 amide bonds. The van der Waals surface area contributed by atoms with Crippen LogP contribution in [0.15, 0.2) is 82.7 Å². The molecule has 2 aromatic carbocycles. The maximum atomic E-state index is 12.7. The minimum Gasteiger partial charge on any atom is -0.398 e. The second-order valence-electron chi connectivity index (χ2n) is 7.31. The molecule has 1 aromatic heterocycles. The van der Waals surface area contributed by atoms with Crippen molar-refractivity contribution in [2.24, 2.45) is 0 Å². The van der Waals surface area contributed by atoms with Crippen LogP contribution in [-0.4, -0.2) is 29.1 Å². The van der Waals surface area contributed by atoms with Crippen LogP contribution in [0.2, 0.25) is 0 Å². The molecule has 0 aliphatic carbocycles. The summed E-state index contributed by atoms with van der Waals surface area (Å²) in [5.41, 5.74) is 10.3. The number of hydrogen-bond acceptors (Lipinski definition) is 7. The molecule has 10 heteroatoms. The molecule has 0 saturated heterocycles. The van der Waals surface area contributed by atoms with Gasteiger partial charge in [-0.2, -0.15) is 5.48 Å². The summed E-state index contributed by atoms with van der Waals surface area (Å²) in [6.07, 6.45) is 5.42. The molecule has 0 saturated carbocycles. The van der Waals surface area contributed by atoms with Crippen LogP contribution in [0.1, 0.15) is 34.5 Å². The summed E-state index contributed by atoms with van der Waals surface area (Å²) < 4.78 is 11.6. The standard InChI is InChI=1S/C25H24FN5O3S/c26-34-31-24(32)9-5-15-30-25(33)20-7-1-2-8-23(20)35-18-11-12-19(22(28)16-18)21(27)13-10-17-6-3-4-14-29-17/h1-4,6-8,10-14,16,27H,5,9,15,28H2,(H,30,33)(H,31,32)/b13-10+,27-21?. The van der Waals surface area contributed by atoms with Gasteiger partial charge in [-0.05, 0) is 65.6 Å². The summed E-state index contributed by atoms with van der Waals surface area (Å²) in [4.78, 5) is 29.6. The Morgan fingerprint density at radius 3 is 2.66 bits per heavy atom. The number of amides is 2. The molecule has 5 N–H and O–H groups in total. The van der Waals surface area contributed by atoms with Gasteiger partial charge < -0.3 is 16.5 Å². The number of allylic oxidation sites excluding steroid dienone is 1. The van der Waals surface area contributed by atoms with Gasteiger partial charge in [0.05, 0.1) is 17.0 Å². The average molecular weight is 494 g/mol. The molecule has 0 aliphatic rings. The first-order valence-corrected chi connectivity index (χ1v) is 11.5. The number of benzene rings is 2. The van der Waals surface area contributed by atoms with Crippen molar-refractivity contribution in [2.75, 3.05) is 12.3 Å². The molecule has 0 unspecified atom stereocenters. The monoisotopic (exact) mass is 493 g/mol. The molecule has 0 radical (unpaired) electrons. The Kier molecular flexibility index (Phi) is 9.52. The van der Waals surface area contributed by atoms with Gasteiger partial charge in [-0.3, -0.25) is 14.6 Å². The van der Waals surface area contributed by atoms with Gasteiger partial charge in [-0.25, -0.2) is 0 Å². The Labute approximate surface area is 206 Å². The number of nitrogens with zero attached hydrogens (tertiary/aromatic N) is 1. The number of anilines is 1. The third-order valence-electron chi connectivity index (χ3n) is 4.80. The number of pyridine rings is 1. The lowest BCUT2D eigenvalue weighted by molar-refractivity contribution is -0.198. The van der Waals surface area contributed by atoms with Crippen molar-refractivity contribution in [3.63, 3.8) is 0 Å². The highest BCUT2D eigenvalue weighted by atomic mass is 32.2. The fraction of sp³-hybridized carbons (Fsp3) is 0.120. The normalized spacial score (nSPS) is 10.8. The highest BCUT2D eigenvalue weighted by Crippen LogP contribution is 2.32. The van der Waals surface area contributed by atoms with Crippen LogP contribution in [0.5, 0.6) is 0 Å². The highest BCUT2D eigenvalue weighted by molar-refractivity contribution is 7.99. The zero-order chi connectivity index (χ0) is 25.0. The van der Waals surface area contributed by atoms with Crippen LogP contribution < -0.4 is 16.5 Å². The van der Waals surface area contributed by atoms with Crippen LogP contribution in [0.3, 0.4) is 0 Å². The van der Waals surface area contributed by atoms with E-state index in [1.165, 1.54) is 11.8 Å². The second-order valence-corrected chi connectivity index (χ2v) is 8.43. The summed E-state index contributed by atoms with van der Waals surface area (Å²) >= 11 is 1.38. The molecule has 35 heavy (non-hydrogen) atoms. The summed E-state index contributed by atoms with van der Waals surface area (Å²) in [7, 11) is 0. The Morgan fingerprint density at radius 2 is 1.91 bits per heavy atom. The molecule has 0 fully saturated rings. The minimum absolute atomic E-state index is 0.0122. The summed E-state index contributed by atoms with van der Waals surface area (Å²) in [5.74, 6) is -0.902. The van der Waals surface area contributed by atoms with E-state index < -0.39 is 5.91 Å². The fourth-order valence-electron chi connectivity index (χ4n) is 3.09.